The minimum atomic E-state index is -0.733. The highest BCUT2D eigenvalue weighted by atomic mass is 35.5. The van der Waals surface area contributed by atoms with E-state index < -0.39 is 6.17 Å². The van der Waals surface area contributed by atoms with Crippen molar-refractivity contribution in [3.8, 4) is 5.75 Å². The van der Waals surface area contributed by atoms with Gasteiger partial charge in [0, 0.05) is 24.7 Å². The van der Waals surface area contributed by atoms with Crippen molar-refractivity contribution in [2.45, 2.75) is 39.3 Å². The van der Waals surface area contributed by atoms with E-state index in [9.17, 15) is 4.39 Å². The summed E-state index contributed by atoms with van der Waals surface area (Å²) in [6, 6.07) is 5.83. The van der Waals surface area contributed by atoms with E-state index in [1.54, 1.807) is 13.3 Å². The van der Waals surface area contributed by atoms with Crippen LogP contribution in [0.25, 0.3) is 10.9 Å². The number of piperidine rings is 1. The van der Waals surface area contributed by atoms with Crippen LogP contribution in [0.1, 0.15) is 32.3 Å². The quantitative estimate of drug-likeness (QED) is 0.695. The van der Waals surface area contributed by atoms with Gasteiger partial charge in [0.15, 0.2) is 0 Å². The minimum absolute atomic E-state index is 0.200. The molecule has 142 valence electrons. The van der Waals surface area contributed by atoms with Gasteiger partial charge in [-0.3, -0.25) is 4.98 Å². The van der Waals surface area contributed by atoms with Crippen LogP contribution in [0.3, 0.4) is 0 Å². The number of hydrogen-bond acceptors (Lipinski definition) is 3. The maximum absolute atomic E-state index is 14.6. The van der Waals surface area contributed by atoms with Gasteiger partial charge >= 0.3 is 0 Å². The summed E-state index contributed by atoms with van der Waals surface area (Å²) < 4.78 is 19.9. The molecule has 1 fully saturated rings. The molecule has 0 aliphatic carbocycles. The fourth-order valence-electron chi connectivity index (χ4n) is 3.99. The van der Waals surface area contributed by atoms with E-state index >= 15 is 0 Å². The molecule has 3 rings (SSSR count). The standard InChI is InChI=1S/C21H28ClFN2O/c1-4-14(2)16-7-9-25(13-20(16)23)10-8-17-18-11-15(26-3)5-6-21(18)24-12-19(17)22/h5-6,11-12,14,16,20H,4,7-10,13H2,1-3H3/t14-,16?,20?/m1/s1. The molecule has 1 aromatic carbocycles. The fraction of sp³-hybridized carbons (Fsp3) is 0.571. The van der Waals surface area contributed by atoms with Crippen molar-refractivity contribution in [3.63, 3.8) is 0 Å². The average Bonchev–Trinajstić information content (AvgIpc) is 2.66. The molecule has 1 aromatic heterocycles. The molecule has 1 aliphatic heterocycles. The Morgan fingerprint density at radius 2 is 2.23 bits per heavy atom. The zero-order valence-electron chi connectivity index (χ0n) is 15.8. The van der Waals surface area contributed by atoms with Gasteiger partial charge in [0.1, 0.15) is 11.9 Å². The van der Waals surface area contributed by atoms with E-state index in [1.165, 1.54) is 0 Å². The van der Waals surface area contributed by atoms with Crippen LogP contribution in [0, 0.1) is 11.8 Å². The van der Waals surface area contributed by atoms with Crippen LogP contribution in [0.2, 0.25) is 5.02 Å². The van der Waals surface area contributed by atoms with E-state index in [4.69, 9.17) is 16.3 Å². The van der Waals surface area contributed by atoms with Gasteiger partial charge < -0.3 is 9.64 Å². The van der Waals surface area contributed by atoms with Crippen LogP contribution in [0.4, 0.5) is 4.39 Å². The highest BCUT2D eigenvalue weighted by molar-refractivity contribution is 6.32. The lowest BCUT2D eigenvalue weighted by Gasteiger charge is -2.37. The summed E-state index contributed by atoms with van der Waals surface area (Å²) in [5, 5.41) is 1.68. The molecule has 1 aliphatic rings. The summed E-state index contributed by atoms with van der Waals surface area (Å²) in [5.74, 6) is 1.45. The summed E-state index contributed by atoms with van der Waals surface area (Å²) in [6.45, 7) is 6.61. The van der Waals surface area contributed by atoms with Crippen LogP contribution in [-0.2, 0) is 6.42 Å². The second-order valence-electron chi connectivity index (χ2n) is 7.37. The van der Waals surface area contributed by atoms with E-state index in [2.05, 4.69) is 23.7 Å². The topological polar surface area (TPSA) is 25.4 Å². The zero-order valence-corrected chi connectivity index (χ0v) is 16.6. The maximum atomic E-state index is 14.6. The molecule has 2 heterocycles. The molecule has 0 radical (unpaired) electrons. The maximum Gasteiger partial charge on any atom is 0.119 e. The number of benzene rings is 1. The van der Waals surface area contributed by atoms with Crippen LogP contribution in [0.5, 0.6) is 5.75 Å². The number of halogens is 2. The van der Waals surface area contributed by atoms with Crippen molar-refractivity contribution in [1.82, 2.24) is 9.88 Å². The van der Waals surface area contributed by atoms with E-state index in [0.29, 0.717) is 17.5 Å². The molecule has 3 nitrogen and oxygen atoms in total. The van der Waals surface area contributed by atoms with Gasteiger partial charge in [-0.1, -0.05) is 31.9 Å². The lowest BCUT2D eigenvalue weighted by molar-refractivity contribution is 0.0568. The number of aromatic nitrogens is 1. The smallest absolute Gasteiger partial charge is 0.119 e. The Labute approximate surface area is 160 Å². The Morgan fingerprint density at radius 3 is 2.92 bits per heavy atom. The lowest BCUT2D eigenvalue weighted by Crippen LogP contribution is -2.44. The van der Waals surface area contributed by atoms with Gasteiger partial charge in [0.2, 0.25) is 0 Å². The first kappa shape index (κ1) is 19.4. The largest absolute Gasteiger partial charge is 0.497 e. The number of ether oxygens (including phenoxy) is 1. The third-order valence-electron chi connectivity index (χ3n) is 5.86. The summed E-state index contributed by atoms with van der Waals surface area (Å²) in [6.07, 6.45) is 3.74. The van der Waals surface area contributed by atoms with Crippen molar-refractivity contribution in [1.29, 1.82) is 0 Å². The molecule has 1 saturated heterocycles. The van der Waals surface area contributed by atoms with Crippen LogP contribution >= 0.6 is 11.6 Å². The molecule has 3 atom stereocenters. The first-order valence-electron chi connectivity index (χ1n) is 9.51. The number of methoxy groups -OCH3 is 1. The second kappa shape index (κ2) is 8.53. The van der Waals surface area contributed by atoms with Gasteiger partial charge in [-0.25, -0.2) is 4.39 Å². The minimum Gasteiger partial charge on any atom is -0.497 e. The van der Waals surface area contributed by atoms with Crippen LogP contribution in [0.15, 0.2) is 24.4 Å². The molecular formula is C21H28ClFN2O. The molecule has 26 heavy (non-hydrogen) atoms. The Bertz CT molecular complexity index is 754. The Balaban J connectivity index is 1.71. The highest BCUT2D eigenvalue weighted by Gasteiger charge is 2.32. The number of pyridine rings is 1. The zero-order chi connectivity index (χ0) is 18.7. The molecule has 0 N–H and O–H groups in total. The predicted molar refractivity (Wildman–Crippen MR) is 106 cm³/mol. The van der Waals surface area contributed by atoms with Crippen molar-refractivity contribution < 1.29 is 9.13 Å². The van der Waals surface area contributed by atoms with E-state index in [-0.39, 0.29) is 5.92 Å². The molecule has 0 bridgehead atoms. The van der Waals surface area contributed by atoms with Crippen molar-refractivity contribution in [3.05, 3.63) is 35.0 Å². The molecule has 0 spiro atoms. The number of hydrogen-bond donors (Lipinski definition) is 0. The summed E-state index contributed by atoms with van der Waals surface area (Å²) >= 11 is 6.43. The van der Waals surface area contributed by atoms with E-state index in [0.717, 1.165) is 54.6 Å². The molecular weight excluding hydrogens is 351 g/mol. The first-order valence-corrected chi connectivity index (χ1v) is 9.88. The summed E-state index contributed by atoms with van der Waals surface area (Å²) in [5.41, 5.74) is 1.97. The third-order valence-corrected chi connectivity index (χ3v) is 6.19. The number of alkyl halides is 1. The SMILES string of the molecule is CC[C@@H](C)C1CCN(CCc2c(Cl)cnc3ccc(OC)cc23)CC1F. The average molecular weight is 379 g/mol. The molecule has 2 unspecified atom stereocenters. The molecule has 2 aromatic rings. The predicted octanol–water partition coefficient (Wildman–Crippen LogP) is 5.15. The summed E-state index contributed by atoms with van der Waals surface area (Å²) in [7, 11) is 1.65. The van der Waals surface area contributed by atoms with Gasteiger partial charge in [0.05, 0.1) is 17.6 Å². The first-order chi connectivity index (χ1) is 12.5. The number of nitrogens with zero attached hydrogens (tertiary/aromatic N) is 2. The monoisotopic (exact) mass is 378 g/mol. The van der Waals surface area contributed by atoms with Gasteiger partial charge in [-0.05, 0) is 55.0 Å². The third kappa shape index (κ3) is 4.12. The van der Waals surface area contributed by atoms with Gasteiger partial charge in [-0.2, -0.15) is 0 Å². The van der Waals surface area contributed by atoms with Crippen molar-refractivity contribution in [2.75, 3.05) is 26.7 Å². The van der Waals surface area contributed by atoms with Crippen LogP contribution in [-0.4, -0.2) is 42.8 Å². The lowest BCUT2D eigenvalue weighted by atomic mass is 9.82. The fourth-order valence-corrected chi connectivity index (χ4v) is 4.23. The number of likely N-dealkylation sites (tertiary alicyclic amines) is 1. The second-order valence-corrected chi connectivity index (χ2v) is 7.78. The highest BCUT2D eigenvalue weighted by Crippen LogP contribution is 2.31. The Kier molecular flexibility index (Phi) is 6.36. The van der Waals surface area contributed by atoms with Crippen molar-refractivity contribution in [2.24, 2.45) is 11.8 Å². The van der Waals surface area contributed by atoms with Gasteiger partial charge in [0.25, 0.3) is 0 Å². The molecule has 0 saturated carbocycles. The number of fused-ring (bicyclic) bond motifs is 1. The van der Waals surface area contributed by atoms with Gasteiger partial charge in [-0.15, -0.1) is 0 Å². The summed E-state index contributed by atoms with van der Waals surface area (Å²) in [4.78, 5) is 6.63. The van der Waals surface area contributed by atoms with Crippen LogP contribution < -0.4 is 4.74 Å². The molecule has 0 amide bonds. The Morgan fingerprint density at radius 1 is 1.42 bits per heavy atom. The molecule has 5 heteroatoms. The van der Waals surface area contributed by atoms with E-state index in [1.807, 2.05) is 18.2 Å². The number of rotatable bonds is 6. The normalized spacial score (nSPS) is 22.5. The Hall–Kier alpha value is -1.39. The van der Waals surface area contributed by atoms with Crippen molar-refractivity contribution >= 4 is 22.5 Å².